The van der Waals surface area contributed by atoms with Crippen LogP contribution in [0.3, 0.4) is 0 Å². The van der Waals surface area contributed by atoms with Crippen LogP contribution < -0.4 is 0 Å². The zero-order chi connectivity index (χ0) is 11.1. The van der Waals surface area contributed by atoms with E-state index in [0.29, 0.717) is 5.92 Å². The van der Waals surface area contributed by atoms with E-state index in [2.05, 4.69) is 39.2 Å². The van der Waals surface area contributed by atoms with E-state index in [4.69, 9.17) is 10.0 Å². The Bertz CT molecular complexity index is 281. The van der Waals surface area contributed by atoms with Gasteiger partial charge in [-0.15, -0.1) is 0 Å². The first-order valence-corrected chi connectivity index (χ1v) is 13.7. The van der Waals surface area contributed by atoms with Crippen LogP contribution >= 0.6 is 10.0 Å². The molecule has 0 heterocycles. The van der Waals surface area contributed by atoms with Gasteiger partial charge in [0.2, 0.25) is 0 Å². The number of hydrogen-bond donors (Lipinski definition) is 0. The Balaban J connectivity index is 2.93. The summed E-state index contributed by atoms with van der Waals surface area (Å²) in [4.78, 5) is 0. The molecule has 0 saturated carbocycles. The summed E-state index contributed by atoms with van der Waals surface area (Å²) in [6, 6.07) is 0. The normalized spacial score (nSPS) is 19.9. The molecule has 1 aliphatic carbocycles. The molecule has 0 aromatic carbocycles. The van der Waals surface area contributed by atoms with E-state index in [0.717, 1.165) is 0 Å². The third kappa shape index (κ3) is 2.46. The van der Waals surface area contributed by atoms with Crippen molar-refractivity contribution in [3.05, 3.63) is 22.3 Å². The molecular formula is C12H21ClGe. The van der Waals surface area contributed by atoms with Crippen LogP contribution in [-0.2, 0) is 0 Å². The molecule has 0 bridgehead atoms. The van der Waals surface area contributed by atoms with Crippen molar-refractivity contribution in [1.29, 1.82) is 0 Å². The van der Waals surface area contributed by atoms with Crippen molar-refractivity contribution in [2.75, 3.05) is 0 Å². The van der Waals surface area contributed by atoms with Gasteiger partial charge in [-0.25, -0.2) is 0 Å². The minimum absolute atomic E-state index is 0.655. The van der Waals surface area contributed by atoms with Gasteiger partial charge >= 0.3 is 95.0 Å². The quantitative estimate of drug-likeness (QED) is 0.638. The molecule has 0 fully saturated rings. The first-order chi connectivity index (χ1) is 6.24. The number of rotatable bonds is 2. The van der Waals surface area contributed by atoms with Crippen molar-refractivity contribution in [2.45, 2.75) is 44.5 Å². The Morgan fingerprint density at radius 3 is 1.64 bits per heavy atom. The van der Waals surface area contributed by atoms with Gasteiger partial charge in [0.15, 0.2) is 0 Å². The third-order valence-corrected chi connectivity index (χ3v) is 7.18. The van der Waals surface area contributed by atoms with Gasteiger partial charge in [0, 0.05) is 0 Å². The average molecular weight is 273 g/mol. The van der Waals surface area contributed by atoms with Crippen molar-refractivity contribution < 1.29 is 0 Å². The molecule has 0 saturated heterocycles. The first kappa shape index (κ1) is 12.4. The topological polar surface area (TPSA) is 0 Å². The Kier molecular flexibility index (Phi) is 3.59. The predicted molar refractivity (Wildman–Crippen MR) is 68.4 cm³/mol. The molecule has 0 atom stereocenters. The molecule has 0 aromatic heterocycles. The van der Waals surface area contributed by atoms with E-state index >= 15 is 0 Å². The van der Waals surface area contributed by atoms with E-state index < -0.39 is 12.3 Å². The predicted octanol–water partition coefficient (Wildman–Crippen LogP) is 4.73. The van der Waals surface area contributed by atoms with Crippen LogP contribution in [0.4, 0.5) is 0 Å². The molecule has 0 amide bonds. The standard InChI is InChI=1S/C12H21ClGe/c1-8-9(2)11(4)12(10(8)3)7-14(5,6)13/h12H,7H2,1-6H3. The molecule has 0 spiro atoms. The van der Waals surface area contributed by atoms with Crippen LogP contribution in [-0.4, -0.2) is 12.3 Å². The van der Waals surface area contributed by atoms with Crippen LogP contribution in [0.25, 0.3) is 0 Å². The Morgan fingerprint density at radius 1 is 1.00 bits per heavy atom. The monoisotopic (exact) mass is 274 g/mol. The maximum absolute atomic E-state index is 6.48. The summed E-state index contributed by atoms with van der Waals surface area (Å²) in [5.41, 5.74) is 6.10. The van der Waals surface area contributed by atoms with Crippen molar-refractivity contribution in [2.24, 2.45) is 5.92 Å². The summed E-state index contributed by atoms with van der Waals surface area (Å²) in [5.74, 6) is 5.22. The molecule has 0 radical (unpaired) electrons. The fourth-order valence-electron chi connectivity index (χ4n) is 2.23. The van der Waals surface area contributed by atoms with Crippen LogP contribution in [0, 0.1) is 5.92 Å². The van der Waals surface area contributed by atoms with Crippen LogP contribution in [0.2, 0.25) is 16.8 Å². The SMILES string of the molecule is CC1=C(C)C([CH2][Ge]([CH3])([CH3])[Cl])C(C)=C1C. The van der Waals surface area contributed by atoms with Crippen LogP contribution in [0.5, 0.6) is 0 Å². The summed E-state index contributed by atoms with van der Waals surface area (Å²) in [5, 5.41) is 1.23. The molecule has 2 heteroatoms. The van der Waals surface area contributed by atoms with Gasteiger partial charge in [-0.3, -0.25) is 0 Å². The molecule has 0 unspecified atom stereocenters. The Hall–Kier alpha value is 0.313. The third-order valence-electron chi connectivity index (χ3n) is 3.48. The fourth-order valence-corrected chi connectivity index (χ4v) is 6.35. The summed E-state index contributed by atoms with van der Waals surface area (Å²) in [6.45, 7) is 9.01. The van der Waals surface area contributed by atoms with Gasteiger partial charge in [-0.2, -0.15) is 0 Å². The molecule has 0 nitrogen and oxygen atoms in total. The fraction of sp³-hybridized carbons (Fsp3) is 0.667. The molecule has 0 aliphatic heterocycles. The number of halogens is 1. The van der Waals surface area contributed by atoms with E-state index in [1.165, 1.54) is 16.4 Å². The molecule has 0 N–H and O–H groups in total. The number of hydrogen-bond acceptors (Lipinski definition) is 0. The van der Waals surface area contributed by atoms with Gasteiger partial charge in [0.1, 0.15) is 0 Å². The zero-order valence-corrected chi connectivity index (χ0v) is 13.0. The Morgan fingerprint density at radius 2 is 1.36 bits per heavy atom. The molecule has 1 rings (SSSR count). The maximum atomic E-state index is 6.48. The van der Waals surface area contributed by atoms with Crippen molar-refractivity contribution >= 4 is 22.3 Å². The van der Waals surface area contributed by atoms with E-state index in [1.54, 1.807) is 11.1 Å². The molecule has 0 aromatic rings. The van der Waals surface area contributed by atoms with Crippen molar-refractivity contribution in [3.63, 3.8) is 0 Å². The van der Waals surface area contributed by atoms with Crippen molar-refractivity contribution in [1.82, 2.24) is 0 Å². The van der Waals surface area contributed by atoms with E-state index in [-0.39, 0.29) is 0 Å². The van der Waals surface area contributed by atoms with Gasteiger partial charge in [0.05, 0.1) is 0 Å². The van der Waals surface area contributed by atoms with Crippen molar-refractivity contribution in [3.8, 4) is 0 Å². The summed E-state index contributed by atoms with van der Waals surface area (Å²) in [6.07, 6.45) is 0. The second-order valence-electron chi connectivity index (χ2n) is 5.09. The molecule has 80 valence electrons. The Labute approximate surface area is 95.0 Å². The first-order valence-electron chi connectivity index (χ1n) is 5.28. The summed E-state index contributed by atoms with van der Waals surface area (Å²) in [7, 11) is 6.48. The van der Waals surface area contributed by atoms with E-state index in [1.807, 2.05) is 0 Å². The molecule has 14 heavy (non-hydrogen) atoms. The van der Waals surface area contributed by atoms with Crippen LogP contribution in [0.1, 0.15) is 27.7 Å². The zero-order valence-electron chi connectivity index (χ0n) is 10.2. The van der Waals surface area contributed by atoms with Gasteiger partial charge in [-0.05, 0) is 0 Å². The number of allylic oxidation sites excluding steroid dienone is 4. The van der Waals surface area contributed by atoms with E-state index in [9.17, 15) is 0 Å². The second kappa shape index (κ2) is 4.05. The van der Waals surface area contributed by atoms with Gasteiger partial charge in [0.25, 0.3) is 0 Å². The second-order valence-corrected chi connectivity index (χ2v) is 18.5. The molecular weight excluding hydrogens is 252 g/mol. The van der Waals surface area contributed by atoms with Crippen LogP contribution in [0.15, 0.2) is 22.3 Å². The average Bonchev–Trinajstić information content (AvgIpc) is 2.20. The minimum atomic E-state index is -1.94. The van der Waals surface area contributed by atoms with Gasteiger partial charge < -0.3 is 0 Å². The van der Waals surface area contributed by atoms with Gasteiger partial charge in [-0.1, -0.05) is 0 Å². The summed E-state index contributed by atoms with van der Waals surface area (Å²) >= 11 is -1.94. The summed E-state index contributed by atoms with van der Waals surface area (Å²) < 4.78 is 0. The molecule has 1 aliphatic rings.